The summed E-state index contributed by atoms with van der Waals surface area (Å²) < 4.78 is 5.40. The van der Waals surface area contributed by atoms with Gasteiger partial charge in [-0.05, 0) is 24.6 Å². The zero-order valence-corrected chi connectivity index (χ0v) is 11.5. The Kier molecular flexibility index (Phi) is 4.31. The van der Waals surface area contributed by atoms with E-state index in [0.29, 0.717) is 11.6 Å². The summed E-state index contributed by atoms with van der Waals surface area (Å²) in [6.45, 7) is 5.13. The Balaban J connectivity index is 1.95. The maximum atomic E-state index is 6.14. The second-order valence-corrected chi connectivity index (χ2v) is 4.59. The molecule has 0 spiro atoms. The minimum absolute atomic E-state index is 0.624. The summed E-state index contributed by atoms with van der Waals surface area (Å²) in [5.74, 6) is 1.68. The van der Waals surface area contributed by atoms with Gasteiger partial charge in [0.2, 0.25) is 0 Å². The van der Waals surface area contributed by atoms with Crippen LogP contribution in [0.2, 0.25) is 5.02 Å². The van der Waals surface area contributed by atoms with Crippen molar-refractivity contribution in [2.45, 2.75) is 13.5 Å². The van der Waals surface area contributed by atoms with Crippen LogP contribution in [0.25, 0.3) is 0 Å². The van der Waals surface area contributed by atoms with Crippen LogP contribution in [0.1, 0.15) is 12.5 Å². The van der Waals surface area contributed by atoms with Crippen molar-refractivity contribution in [2.24, 2.45) is 4.99 Å². The SMILES string of the molecule is CCOc1ccc(CNC2=NCCN2C)cc1Cl. The predicted molar refractivity (Wildman–Crippen MR) is 74.4 cm³/mol. The highest BCUT2D eigenvalue weighted by Crippen LogP contribution is 2.25. The Bertz CT molecular complexity index is 448. The molecule has 0 amide bonds. The standard InChI is InChI=1S/C13H18ClN3O/c1-3-18-12-5-4-10(8-11(12)14)9-16-13-15-6-7-17(13)2/h4-5,8H,3,6-7,9H2,1-2H3,(H,15,16). The Morgan fingerprint density at radius 1 is 1.50 bits per heavy atom. The minimum atomic E-state index is 0.624. The normalized spacial score (nSPS) is 14.6. The van der Waals surface area contributed by atoms with Crippen LogP contribution in [0.5, 0.6) is 5.75 Å². The van der Waals surface area contributed by atoms with Gasteiger partial charge in [0.25, 0.3) is 0 Å². The van der Waals surface area contributed by atoms with Gasteiger partial charge in [0, 0.05) is 20.1 Å². The lowest BCUT2D eigenvalue weighted by molar-refractivity contribution is 0.340. The molecule has 1 heterocycles. The summed E-state index contributed by atoms with van der Waals surface area (Å²) in [6.07, 6.45) is 0. The lowest BCUT2D eigenvalue weighted by Gasteiger charge is -2.15. The third kappa shape index (κ3) is 3.07. The van der Waals surface area contributed by atoms with Crippen molar-refractivity contribution in [3.8, 4) is 5.75 Å². The van der Waals surface area contributed by atoms with Gasteiger partial charge in [0.1, 0.15) is 5.75 Å². The van der Waals surface area contributed by atoms with E-state index in [4.69, 9.17) is 16.3 Å². The molecular formula is C13H18ClN3O. The molecule has 0 aromatic heterocycles. The van der Waals surface area contributed by atoms with Gasteiger partial charge in [0.15, 0.2) is 5.96 Å². The van der Waals surface area contributed by atoms with Gasteiger partial charge in [-0.2, -0.15) is 0 Å². The number of ether oxygens (including phenoxy) is 1. The van der Waals surface area contributed by atoms with E-state index in [1.807, 2.05) is 32.2 Å². The molecule has 0 saturated heterocycles. The highest BCUT2D eigenvalue weighted by molar-refractivity contribution is 6.32. The lowest BCUT2D eigenvalue weighted by atomic mass is 10.2. The Hall–Kier alpha value is -1.42. The largest absolute Gasteiger partial charge is 0.492 e. The van der Waals surface area contributed by atoms with E-state index >= 15 is 0 Å². The number of nitrogens with one attached hydrogen (secondary N) is 1. The van der Waals surface area contributed by atoms with Gasteiger partial charge < -0.3 is 15.0 Å². The number of guanidine groups is 1. The average Bonchev–Trinajstić information content (AvgIpc) is 2.76. The molecule has 98 valence electrons. The van der Waals surface area contributed by atoms with E-state index in [9.17, 15) is 0 Å². The monoisotopic (exact) mass is 267 g/mol. The quantitative estimate of drug-likeness (QED) is 0.908. The first kappa shape index (κ1) is 13.0. The zero-order valence-electron chi connectivity index (χ0n) is 10.7. The fourth-order valence-corrected chi connectivity index (χ4v) is 2.09. The fraction of sp³-hybridized carbons (Fsp3) is 0.462. The van der Waals surface area contributed by atoms with Gasteiger partial charge in [-0.3, -0.25) is 4.99 Å². The summed E-state index contributed by atoms with van der Waals surface area (Å²) in [6, 6.07) is 5.84. The molecule has 5 heteroatoms. The Morgan fingerprint density at radius 2 is 2.33 bits per heavy atom. The molecule has 0 aliphatic carbocycles. The van der Waals surface area contributed by atoms with Crippen LogP contribution in [0.3, 0.4) is 0 Å². The first-order valence-electron chi connectivity index (χ1n) is 6.11. The summed E-state index contributed by atoms with van der Waals surface area (Å²) >= 11 is 6.14. The number of nitrogens with zero attached hydrogens (tertiary/aromatic N) is 2. The zero-order chi connectivity index (χ0) is 13.0. The first-order chi connectivity index (χ1) is 8.70. The number of hydrogen-bond acceptors (Lipinski definition) is 4. The topological polar surface area (TPSA) is 36.9 Å². The third-order valence-corrected chi connectivity index (χ3v) is 3.10. The molecule has 0 fully saturated rings. The Morgan fingerprint density at radius 3 is 2.94 bits per heavy atom. The van der Waals surface area contributed by atoms with Crippen LogP contribution in [-0.2, 0) is 6.54 Å². The highest BCUT2D eigenvalue weighted by Gasteiger charge is 2.11. The molecule has 1 aromatic carbocycles. The maximum absolute atomic E-state index is 6.14. The van der Waals surface area contributed by atoms with Crippen LogP contribution in [0.15, 0.2) is 23.2 Å². The number of benzene rings is 1. The first-order valence-corrected chi connectivity index (χ1v) is 6.49. The van der Waals surface area contributed by atoms with Gasteiger partial charge in [0.05, 0.1) is 18.2 Å². The highest BCUT2D eigenvalue weighted by atomic mass is 35.5. The van der Waals surface area contributed by atoms with E-state index in [1.165, 1.54) is 0 Å². The number of rotatable bonds is 4. The maximum Gasteiger partial charge on any atom is 0.194 e. The fourth-order valence-electron chi connectivity index (χ4n) is 1.83. The van der Waals surface area contributed by atoms with Crippen LogP contribution in [0.4, 0.5) is 0 Å². The molecule has 1 aliphatic rings. The van der Waals surface area contributed by atoms with Crippen molar-refractivity contribution in [1.29, 1.82) is 0 Å². The molecule has 18 heavy (non-hydrogen) atoms. The minimum Gasteiger partial charge on any atom is -0.492 e. The van der Waals surface area contributed by atoms with Crippen molar-refractivity contribution in [3.05, 3.63) is 28.8 Å². The molecule has 0 bridgehead atoms. The van der Waals surface area contributed by atoms with Crippen LogP contribution in [0, 0.1) is 0 Å². The molecule has 1 aromatic rings. The number of aliphatic imine (C=N–C) groups is 1. The van der Waals surface area contributed by atoms with Gasteiger partial charge in [-0.1, -0.05) is 17.7 Å². The molecule has 1 N–H and O–H groups in total. The van der Waals surface area contributed by atoms with Crippen LogP contribution < -0.4 is 10.1 Å². The van der Waals surface area contributed by atoms with Crippen molar-refractivity contribution >= 4 is 17.6 Å². The van der Waals surface area contributed by atoms with E-state index < -0.39 is 0 Å². The van der Waals surface area contributed by atoms with E-state index in [0.717, 1.165) is 36.9 Å². The third-order valence-electron chi connectivity index (χ3n) is 2.81. The van der Waals surface area contributed by atoms with Gasteiger partial charge in [-0.15, -0.1) is 0 Å². The van der Waals surface area contributed by atoms with Gasteiger partial charge >= 0.3 is 0 Å². The van der Waals surface area contributed by atoms with E-state index in [1.54, 1.807) is 0 Å². The van der Waals surface area contributed by atoms with Crippen molar-refractivity contribution in [3.63, 3.8) is 0 Å². The summed E-state index contributed by atoms with van der Waals surface area (Å²) in [5, 5.41) is 3.95. The van der Waals surface area contributed by atoms with Crippen molar-refractivity contribution < 1.29 is 4.74 Å². The molecule has 0 atom stereocenters. The second kappa shape index (κ2) is 5.96. The number of likely N-dealkylation sites (N-methyl/N-ethyl adjacent to an activating group) is 1. The molecule has 0 radical (unpaired) electrons. The molecule has 0 saturated carbocycles. The van der Waals surface area contributed by atoms with Crippen molar-refractivity contribution in [2.75, 3.05) is 26.7 Å². The molecule has 0 unspecified atom stereocenters. The van der Waals surface area contributed by atoms with Gasteiger partial charge in [-0.25, -0.2) is 0 Å². The Labute approximate surface area is 113 Å². The summed E-state index contributed by atoms with van der Waals surface area (Å²) in [4.78, 5) is 6.48. The summed E-state index contributed by atoms with van der Waals surface area (Å²) in [7, 11) is 2.03. The van der Waals surface area contributed by atoms with Crippen LogP contribution >= 0.6 is 11.6 Å². The molecule has 1 aliphatic heterocycles. The van der Waals surface area contributed by atoms with Crippen LogP contribution in [-0.4, -0.2) is 37.6 Å². The predicted octanol–water partition coefficient (Wildman–Crippen LogP) is 2.13. The smallest absolute Gasteiger partial charge is 0.194 e. The second-order valence-electron chi connectivity index (χ2n) is 4.18. The number of halogens is 1. The van der Waals surface area contributed by atoms with E-state index in [2.05, 4.69) is 15.2 Å². The molecule has 4 nitrogen and oxygen atoms in total. The molecular weight excluding hydrogens is 250 g/mol. The average molecular weight is 268 g/mol. The number of hydrogen-bond donors (Lipinski definition) is 1. The lowest BCUT2D eigenvalue weighted by Crippen LogP contribution is -2.35. The van der Waals surface area contributed by atoms with Crippen molar-refractivity contribution in [1.82, 2.24) is 10.2 Å². The molecule has 2 rings (SSSR count). The van der Waals surface area contributed by atoms with E-state index in [-0.39, 0.29) is 0 Å². The summed E-state index contributed by atoms with van der Waals surface area (Å²) in [5.41, 5.74) is 1.12.